The molecule has 22 heavy (non-hydrogen) atoms. The second-order valence-corrected chi connectivity index (χ2v) is 5.47. The number of urea groups is 1. The molecule has 1 aromatic carbocycles. The lowest BCUT2D eigenvalue weighted by atomic mass is 10.1. The number of nitrogens with one attached hydrogen (secondary N) is 1. The third-order valence-corrected chi connectivity index (χ3v) is 3.40. The minimum absolute atomic E-state index is 0.243. The Morgan fingerprint density at radius 3 is 2.91 bits per heavy atom. The number of nitrogens with zero attached hydrogens (tertiary/aromatic N) is 1. The molecule has 2 amide bonds. The highest BCUT2D eigenvalue weighted by Gasteiger charge is 2.30. The Balaban J connectivity index is 1.93. The number of amides is 2. The average molecular weight is 304 g/mol. The van der Waals surface area contributed by atoms with Crippen molar-refractivity contribution in [3.05, 3.63) is 36.4 Å². The Hall–Kier alpha value is -2.50. The maximum Gasteiger partial charge on any atom is 0.321 e. The van der Waals surface area contributed by atoms with Crippen molar-refractivity contribution in [1.29, 1.82) is 0 Å². The molecule has 0 saturated carbocycles. The number of carboxylic acids is 1. The van der Waals surface area contributed by atoms with Crippen LogP contribution in [0, 0.1) is 5.92 Å². The molecule has 1 aliphatic heterocycles. The Kier molecular flexibility index (Phi) is 5.04. The number of anilines is 1. The monoisotopic (exact) mass is 304 g/mol. The summed E-state index contributed by atoms with van der Waals surface area (Å²) >= 11 is 0. The number of carbonyl (C=O) groups is 2. The quantitative estimate of drug-likeness (QED) is 0.820. The van der Waals surface area contributed by atoms with Crippen LogP contribution in [0.4, 0.5) is 10.5 Å². The van der Waals surface area contributed by atoms with E-state index < -0.39 is 11.9 Å². The van der Waals surface area contributed by atoms with Gasteiger partial charge in [-0.1, -0.05) is 12.6 Å². The van der Waals surface area contributed by atoms with Gasteiger partial charge in [-0.3, -0.25) is 4.79 Å². The molecule has 1 unspecified atom stereocenters. The van der Waals surface area contributed by atoms with Gasteiger partial charge < -0.3 is 20.1 Å². The van der Waals surface area contributed by atoms with Gasteiger partial charge in [-0.05, 0) is 31.1 Å². The minimum atomic E-state index is -0.856. The highest BCUT2D eigenvalue weighted by atomic mass is 16.5. The molecule has 1 heterocycles. The van der Waals surface area contributed by atoms with E-state index in [1.165, 1.54) is 4.90 Å². The minimum Gasteiger partial charge on any atom is -0.489 e. The fourth-order valence-electron chi connectivity index (χ4n) is 2.22. The van der Waals surface area contributed by atoms with Crippen molar-refractivity contribution in [3.8, 4) is 5.75 Å². The van der Waals surface area contributed by atoms with Gasteiger partial charge >= 0.3 is 12.0 Å². The molecule has 0 bridgehead atoms. The molecular formula is C16H20N2O4. The van der Waals surface area contributed by atoms with Crippen molar-refractivity contribution in [3.63, 3.8) is 0 Å². The number of ether oxygens (including phenoxy) is 1. The first-order chi connectivity index (χ1) is 10.5. The molecule has 6 nitrogen and oxygen atoms in total. The maximum atomic E-state index is 12.1. The fraction of sp³-hybridized carbons (Fsp3) is 0.375. The summed E-state index contributed by atoms with van der Waals surface area (Å²) in [5.74, 6) is -0.688. The molecule has 0 spiro atoms. The number of hydrogen-bond donors (Lipinski definition) is 2. The predicted molar refractivity (Wildman–Crippen MR) is 83.1 cm³/mol. The van der Waals surface area contributed by atoms with Crippen LogP contribution in [0.3, 0.4) is 0 Å². The van der Waals surface area contributed by atoms with Crippen molar-refractivity contribution in [2.45, 2.75) is 13.3 Å². The van der Waals surface area contributed by atoms with Crippen LogP contribution in [0.1, 0.15) is 13.3 Å². The van der Waals surface area contributed by atoms with Crippen LogP contribution < -0.4 is 10.1 Å². The van der Waals surface area contributed by atoms with Crippen LogP contribution in [-0.2, 0) is 4.79 Å². The summed E-state index contributed by atoms with van der Waals surface area (Å²) in [6.45, 7) is 6.75. The molecule has 1 fully saturated rings. The molecule has 6 heteroatoms. The molecule has 1 aromatic rings. The molecule has 0 aliphatic carbocycles. The third kappa shape index (κ3) is 4.25. The molecule has 0 aromatic heterocycles. The summed E-state index contributed by atoms with van der Waals surface area (Å²) in [7, 11) is 0. The number of rotatable bonds is 5. The van der Waals surface area contributed by atoms with E-state index in [4.69, 9.17) is 9.84 Å². The van der Waals surface area contributed by atoms with Crippen LogP contribution in [0.25, 0.3) is 0 Å². The van der Waals surface area contributed by atoms with Crippen molar-refractivity contribution < 1.29 is 19.4 Å². The predicted octanol–water partition coefficient (Wildman–Crippen LogP) is 2.58. The normalized spacial score (nSPS) is 17.1. The van der Waals surface area contributed by atoms with Crippen molar-refractivity contribution in [2.75, 3.05) is 25.0 Å². The number of hydrogen-bond acceptors (Lipinski definition) is 3. The first kappa shape index (κ1) is 15.9. The molecule has 118 valence electrons. The fourth-order valence-corrected chi connectivity index (χ4v) is 2.22. The lowest BCUT2D eigenvalue weighted by Gasteiger charge is -2.17. The molecule has 0 radical (unpaired) electrons. The second-order valence-electron chi connectivity index (χ2n) is 5.47. The number of benzene rings is 1. The standard InChI is InChI=1S/C16H20N2O4/c1-11(2)10-22-14-5-3-4-13(8-14)17-16(21)18-7-6-12(9-18)15(19)20/h3-5,8,12H,1,6-7,9-10H2,2H3,(H,17,21)(H,19,20). The second kappa shape index (κ2) is 6.98. The van der Waals surface area contributed by atoms with Crippen LogP contribution >= 0.6 is 0 Å². The zero-order chi connectivity index (χ0) is 16.1. The van der Waals surface area contributed by atoms with Crippen LogP contribution in [-0.4, -0.2) is 41.7 Å². The van der Waals surface area contributed by atoms with Crippen molar-refractivity contribution >= 4 is 17.7 Å². The van der Waals surface area contributed by atoms with Gasteiger partial charge in [0.15, 0.2) is 0 Å². The van der Waals surface area contributed by atoms with E-state index in [0.717, 1.165) is 5.57 Å². The van der Waals surface area contributed by atoms with Gasteiger partial charge in [0, 0.05) is 24.8 Å². The largest absolute Gasteiger partial charge is 0.489 e. The van der Waals surface area contributed by atoms with Crippen molar-refractivity contribution in [1.82, 2.24) is 4.90 Å². The first-order valence-electron chi connectivity index (χ1n) is 7.11. The van der Waals surface area contributed by atoms with Crippen molar-refractivity contribution in [2.24, 2.45) is 5.92 Å². The van der Waals surface area contributed by atoms with Gasteiger partial charge in [-0.15, -0.1) is 0 Å². The van der Waals surface area contributed by atoms with Crippen LogP contribution in [0.15, 0.2) is 36.4 Å². The Morgan fingerprint density at radius 1 is 1.50 bits per heavy atom. The van der Waals surface area contributed by atoms with E-state index in [9.17, 15) is 9.59 Å². The van der Waals surface area contributed by atoms with E-state index in [2.05, 4.69) is 11.9 Å². The average Bonchev–Trinajstić information content (AvgIpc) is 2.95. The Bertz CT molecular complexity index is 585. The number of aliphatic carboxylic acids is 1. The van der Waals surface area contributed by atoms with E-state index in [1.807, 2.05) is 6.92 Å². The van der Waals surface area contributed by atoms with E-state index >= 15 is 0 Å². The van der Waals surface area contributed by atoms with E-state index in [-0.39, 0.29) is 12.6 Å². The molecular weight excluding hydrogens is 284 g/mol. The lowest BCUT2D eigenvalue weighted by Crippen LogP contribution is -2.33. The summed E-state index contributed by atoms with van der Waals surface area (Å²) in [5.41, 5.74) is 1.52. The van der Waals surface area contributed by atoms with Gasteiger partial charge in [-0.25, -0.2) is 4.79 Å². The van der Waals surface area contributed by atoms with E-state index in [1.54, 1.807) is 24.3 Å². The molecule has 1 aliphatic rings. The van der Waals surface area contributed by atoms with E-state index in [0.29, 0.717) is 31.0 Å². The van der Waals surface area contributed by atoms with Gasteiger partial charge in [0.1, 0.15) is 12.4 Å². The highest BCUT2D eigenvalue weighted by molar-refractivity contribution is 5.90. The smallest absolute Gasteiger partial charge is 0.321 e. The summed E-state index contributed by atoms with van der Waals surface area (Å²) in [6.07, 6.45) is 0.491. The van der Waals surface area contributed by atoms with Gasteiger partial charge in [0.2, 0.25) is 0 Å². The van der Waals surface area contributed by atoms with Gasteiger partial charge in [0.25, 0.3) is 0 Å². The topological polar surface area (TPSA) is 78.9 Å². The number of carbonyl (C=O) groups excluding carboxylic acids is 1. The first-order valence-corrected chi connectivity index (χ1v) is 7.11. The molecule has 1 atom stereocenters. The summed E-state index contributed by atoms with van der Waals surface area (Å²) in [5, 5.41) is 11.7. The summed E-state index contributed by atoms with van der Waals surface area (Å²) < 4.78 is 5.52. The number of likely N-dealkylation sites (tertiary alicyclic amines) is 1. The highest BCUT2D eigenvalue weighted by Crippen LogP contribution is 2.20. The zero-order valence-corrected chi connectivity index (χ0v) is 12.5. The molecule has 2 rings (SSSR count). The zero-order valence-electron chi connectivity index (χ0n) is 12.5. The maximum absolute atomic E-state index is 12.1. The third-order valence-electron chi connectivity index (χ3n) is 3.40. The summed E-state index contributed by atoms with van der Waals surface area (Å²) in [6, 6.07) is 6.78. The van der Waals surface area contributed by atoms with Gasteiger partial charge in [0.05, 0.1) is 5.92 Å². The Morgan fingerprint density at radius 2 is 2.27 bits per heavy atom. The molecule has 1 saturated heterocycles. The van der Waals surface area contributed by atoms with Crippen LogP contribution in [0.2, 0.25) is 0 Å². The van der Waals surface area contributed by atoms with Gasteiger partial charge in [-0.2, -0.15) is 0 Å². The lowest BCUT2D eigenvalue weighted by molar-refractivity contribution is -0.141. The Labute approximate surface area is 129 Å². The molecule has 2 N–H and O–H groups in total. The van der Waals surface area contributed by atoms with Crippen LogP contribution in [0.5, 0.6) is 5.75 Å². The number of carboxylic acid groups (broad SMARTS) is 1. The summed E-state index contributed by atoms with van der Waals surface area (Å²) in [4.78, 5) is 24.6. The SMILES string of the molecule is C=C(C)COc1cccc(NC(=O)N2CCC(C(=O)O)C2)c1.